The number of hydrogen-bond donors (Lipinski definition) is 0. The second kappa shape index (κ2) is 15.0. The van der Waals surface area contributed by atoms with Crippen LogP contribution in [0.4, 0.5) is 5.69 Å². The van der Waals surface area contributed by atoms with Crippen molar-refractivity contribution < 1.29 is 28.7 Å². The molecule has 0 bridgehead atoms. The van der Waals surface area contributed by atoms with Crippen LogP contribution in [0.2, 0.25) is 0 Å². The van der Waals surface area contributed by atoms with Crippen molar-refractivity contribution in [2.75, 3.05) is 13.2 Å². The number of nitro benzene ring substituents is 1. The molecule has 0 saturated carbocycles. The molecule has 11 nitrogen and oxygen atoms in total. The highest BCUT2D eigenvalue weighted by atomic mass is 79.9. The van der Waals surface area contributed by atoms with Crippen molar-refractivity contribution in [3.05, 3.63) is 123 Å². The van der Waals surface area contributed by atoms with E-state index in [1.807, 2.05) is 51.1 Å². The van der Waals surface area contributed by atoms with Gasteiger partial charge in [0.15, 0.2) is 16.3 Å². The average Bonchev–Trinajstić information content (AvgIpc) is 3.34. The first kappa shape index (κ1) is 34.6. The van der Waals surface area contributed by atoms with Gasteiger partial charge in [-0.15, -0.1) is 0 Å². The van der Waals surface area contributed by atoms with Crippen molar-refractivity contribution in [2.24, 2.45) is 4.99 Å². The minimum Gasteiger partial charge on any atom is -0.491 e. The number of esters is 1. The highest BCUT2D eigenvalue weighted by Crippen LogP contribution is 2.38. The number of fused-ring (bicyclic) bond motifs is 1. The molecule has 1 aromatic heterocycles. The largest absolute Gasteiger partial charge is 0.491 e. The zero-order valence-corrected chi connectivity index (χ0v) is 29.4. The molecule has 0 amide bonds. The zero-order valence-electron chi connectivity index (χ0n) is 27.0. The Morgan fingerprint density at radius 3 is 2.48 bits per heavy atom. The normalized spacial score (nSPS) is 14.4. The molecule has 0 aliphatic carbocycles. The molecule has 1 aliphatic heterocycles. The number of carbonyl (C=O) groups excluding carboxylic acids is 1. The number of halogens is 1. The Morgan fingerprint density at radius 2 is 1.81 bits per heavy atom. The number of aromatic nitrogens is 1. The summed E-state index contributed by atoms with van der Waals surface area (Å²) in [4.78, 5) is 43.2. The molecule has 0 unspecified atom stereocenters. The predicted octanol–water partition coefficient (Wildman–Crippen LogP) is 6.23. The quantitative estimate of drug-likeness (QED) is 0.0951. The van der Waals surface area contributed by atoms with Crippen LogP contribution in [0.25, 0.3) is 6.08 Å². The lowest BCUT2D eigenvalue weighted by Gasteiger charge is -2.26. The Balaban J connectivity index is 1.58. The average molecular weight is 737 g/mol. The molecule has 2 heterocycles. The van der Waals surface area contributed by atoms with Gasteiger partial charge in [-0.25, -0.2) is 9.79 Å². The lowest BCUT2D eigenvalue weighted by atomic mass is 9.95. The van der Waals surface area contributed by atoms with E-state index >= 15 is 0 Å². The van der Waals surface area contributed by atoms with Gasteiger partial charge in [0.05, 0.1) is 44.5 Å². The van der Waals surface area contributed by atoms with Crippen molar-refractivity contribution in [2.45, 2.75) is 53.4 Å². The Kier molecular flexibility index (Phi) is 10.8. The van der Waals surface area contributed by atoms with Crippen LogP contribution in [-0.2, 0) is 16.1 Å². The van der Waals surface area contributed by atoms with E-state index in [-0.39, 0.29) is 36.1 Å². The number of para-hydroxylation sites is 1. The first-order valence-electron chi connectivity index (χ1n) is 15.3. The summed E-state index contributed by atoms with van der Waals surface area (Å²) in [6, 6.07) is 16.2. The molecule has 0 saturated heterocycles. The highest BCUT2D eigenvalue weighted by Gasteiger charge is 2.35. The fourth-order valence-corrected chi connectivity index (χ4v) is 6.87. The number of non-ortho nitro benzene ring substituents is 1. The summed E-state index contributed by atoms with van der Waals surface area (Å²) in [5, 5.41) is 11.0. The number of thiazole rings is 1. The molecule has 48 heavy (non-hydrogen) atoms. The molecule has 0 N–H and O–H groups in total. The lowest BCUT2D eigenvalue weighted by Crippen LogP contribution is -2.40. The maximum Gasteiger partial charge on any atom is 0.338 e. The Labute approximate surface area is 289 Å². The molecule has 1 atom stereocenters. The van der Waals surface area contributed by atoms with E-state index in [1.54, 1.807) is 38.1 Å². The number of rotatable bonds is 12. The number of ether oxygens (including phenoxy) is 4. The van der Waals surface area contributed by atoms with E-state index in [9.17, 15) is 19.7 Å². The topological polar surface area (TPSA) is 131 Å². The minimum absolute atomic E-state index is 0.00346. The van der Waals surface area contributed by atoms with Crippen LogP contribution in [0.15, 0.2) is 86.2 Å². The minimum atomic E-state index is -0.821. The van der Waals surface area contributed by atoms with Gasteiger partial charge in [-0.2, -0.15) is 0 Å². The smallest absolute Gasteiger partial charge is 0.338 e. The van der Waals surface area contributed by atoms with Gasteiger partial charge in [-0.3, -0.25) is 19.5 Å². The summed E-state index contributed by atoms with van der Waals surface area (Å²) in [6.07, 6.45) is 1.60. The number of nitro groups is 1. The lowest BCUT2D eigenvalue weighted by molar-refractivity contribution is -0.384. The van der Waals surface area contributed by atoms with Gasteiger partial charge in [-0.1, -0.05) is 29.5 Å². The van der Waals surface area contributed by atoms with Crippen LogP contribution in [0.5, 0.6) is 17.2 Å². The van der Waals surface area contributed by atoms with E-state index in [2.05, 4.69) is 20.9 Å². The van der Waals surface area contributed by atoms with E-state index in [0.717, 1.165) is 5.56 Å². The van der Waals surface area contributed by atoms with Crippen LogP contribution < -0.4 is 29.1 Å². The van der Waals surface area contributed by atoms with Gasteiger partial charge in [0, 0.05) is 17.7 Å². The second-order valence-corrected chi connectivity index (χ2v) is 12.8. The van der Waals surface area contributed by atoms with Gasteiger partial charge >= 0.3 is 5.97 Å². The molecular weight excluding hydrogens is 702 g/mol. The van der Waals surface area contributed by atoms with Crippen LogP contribution in [0.3, 0.4) is 0 Å². The van der Waals surface area contributed by atoms with Crippen molar-refractivity contribution in [1.82, 2.24) is 4.57 Å². The van der Waals surface area contributed by atoms with Crippen molar-refractivity contribution in [1.29, 1.82) is 0 Å². The molecule has 5 rings (SSSR count). The first-order valence-corrected chi connectivity index (χ1v) is 16.9. The monoisotopic (exact) mass is 735 g/mol. The standard InChI is InChI=1S/C35H34BrN3O8S/c1-6-44-28-17-23(16-26(36)32(28)46-19-22-12-14-24(15-13-22)39(42)43)18-29-33(40)38-31(25-10-8-9-11-27(25)47-20(3)4)30(34(41)45-7-2)21(5)37-35(38)48-29/h8-18,20,31H,6-7,19H2,1-5H3/b29-18+/t31-/m0/s1. The number of hydrogen-bond acceptors (Lipinski definition) is 10. The number of carbonyl (C=O) groups is 1. The van der Waals surface area contributed by atoms with Crippen molar-refractivity contribution >= 4 is 45.0 Å². The van der Waals surface area contributed by atoms with Crippen molar-refractivity contribution in [3.63, 3.8) is 0 Å². The van der Waals surface area contributed by atoms with E-state index in [1.165, 1.54) is 28.0 Å². The van der Waals surface area contributed by atoms with Crippen LogP contribution in [-0.4, -0.2) is 34.8 Å². The summed E-state index contributed by atoms with van der Waals surface area (Å²) >= 11 is 4.80. The number of nitrogens with zero attached hydrogens (tertiary/aromatic N) is 3. The molecule has 0 fully saturated rings. The van der Waals surface area contributed by atoms with Crippen molar-refractivity contribution in [3.8, 4) is 17.2 Å². The molecule has 0 spiro atoms. The van der Waals surface area contributed by atoms with Gasteiger partial charge in [-0.05, 0) is 98.1 Å². The van der Waals surface area contributed by atoms with E-state index in [4.69, 9.17) is 18.9 Å². The number of allylic oxidation sites excluding steroid dienone is 1. The maximum absolute atomic E-state index is 14.2. The third-order valence-electron chi connectivity index (χ3n) is 7.25. The van der Waals surface area contributed by atoms with E-state index < -0.39 is 16.9 Å². The van der Waals surface area contributed by atoms with Crippen LogP contribution in [0.1, 0.15) is 57.4 Å². The maximum atomic E-state index is 14.2. The molecule has 1 aliphatic rings. The molecular formula is C35H34BrN3O8S. The Morgan fingerprint density at radius 1 is 1.08 bits per heavy atom. The summed E-state index contributed by atoms with van der Waals surface area (Å²) in [5.41, 5.74) is 2.45. The summed E-state index contributed by atoms with van der Waals surface area (Å²) < 4.78 is 26.0. The third-order valence-corrected chi connectivity index (χ3v) is 8.83. The molecule has 4 aromatic rings. The van der Waals surface area contributed by atoms with Gasteiger partial charge in [0.25, 0.3) is 11.2 Å². The fourth-order valence-electron chi connectivity index (χ4n) is 5.25. The van der Waals surface area contributed by atoms with Gasteiger partial charge in [0.1, 0.15) is 18.4 Å². The molecule has 250 valence electrons. The summed E-state index contributed by atoms with van der Waals surface area (Å²) in [5.74, 6) is 0.904. The molecule has 3 aromatic carbocycles. The summed E-state index contributed by atoms with van der Waals surface area (Å²) in [6.45, 7) is 9.83. The van der Waals surface area contributed by atoms with Crippen LogP contribution >= 0.6 is 27.3 Å². The first-order chi connectivity index (χ1) is 23.0. The Hall–Kier alpha value is -4.75. The highest BCUT2D eigenvalue weighted by molar-refractivity contribution is 9.10. The molecule has 13 heteroatoms. The van der Waals surface area contributed by atoms with Crippen LogP contribution in [0, 0.1) is 10.1 Å². The predicted molar refractivity (Wildman–Crippen MR) is 185 cm³/mol. The fraction of sp³-hybridized carbons (Fsp3) is 0.286. The van der Waals surface area contributed by atoms with Gasteiger partial charge < -0.3 is 18.9 Å². The Bertz CT molecular complexity index is 2070. The van der Waals surface area contributed by atoms with E-state index in [0.29, 0.717) is 54.5 Å². The third kappa shape index (κ3) is 7.37. The number of benzene rings is 3. The molecule has 0 radical (unpaired) electrons. The summed E-state index contributed by atoms with van der Waals surface area (Å²) in [7, 11) is 0. The SMILES string of the molecule is CCOC(=O)C1=C(C)N=c2s/c(=C/c3cc(Br)c(OCc4ccc([N+](=O)[O-])cc4)c(OCC)c3)c(=O)n2[C@H]1c1ccccc1OC(C)C. The zero-order chi connectivity index (χ0) is 34.5. The van der Waals surface area contributed by atoms with Gasteiger partial charge in [0.2, 0.25) is 0 Å². The second-order valence-electron chi connectivity index (χ2n) is 11.0.